The fraction of sp³-hybridized carbons (Fsp3) is 0.200. The molecule has 1 aromatic carbocycles. The third-order valence-corrected chi connectivity index (χ3v) is 4.50. The molecule has 27 heavy (non-hydrogen) atoms. The van der Waals surface area contributed by atoms with Crippen molar-refractivity contribution in [2.45, 2.75) is 19.4 Å². The molecule has 4 rings (SSSR count). The van der Waals surface area contributed by atoms with Crippen molar-refractivity contribution in [2.75, 3.05) is 5.32 Å². The molecule has 2 N–H and O–H groups in total. The third kappa shape index (κ3) is 3.87. The first-order valence-corrected chi connectivity index (χ1v) is 8.73. The summed E-state index contributed by atoms with van der Waals surface area (Å²) in [5, 5.41) is 17.1. The molecule has 7 nitrogen and oxygen atoms in total. The number of aromatic nitrogens is 3. The lowest BCUT2D eigenvalue weighted by atomic mass is 10.1. The summed E-state index contributed by atoms with van der Waals surface area (Å²) in [7, 11) is 0. The summed E-state index contributed by atoms with van der Waals surface area (Å²) in [5.74, 6) is -0.813. The van der Waals surface area contributed by atoms with Crippen LogP contribution in [-0.4, -0.2) is 31.7 Å². The number of pyridine rings is 1. The van der Waals surface area contributed by atoms with Gasteiger partial charge in [-0.25, -0.2) is 9.78 Å². The first kappa shape index (κ1) is 17.0. The van der Waals surface area contributed by atoms with Gasteiger partial charge in [-0.15, -0.1) is 0 Å². The number of carboxylic acids is 1. The normalized spacial score (nSPS) is 13.9. The van der Waals surface area contributed by atoms with Gasteiger partial charge in [0, 0.05) is 24.2 Å². The summed E-state index contributed by atoms with van der Waals surface area (Å²) >= 11 is 0. The Hall–Kier alpha value is -3.48. The number of carbonyl (C=O) groups excluding carboxylic acids is 1. The van der Waals surface area contributed by atoms with Crippen molar-refractivity contribution >= 4 is 34.7 Å². The summed E-state index contributed by atoms with van der Waals surface area (Å²) < 4.78 is 2.03. The molecular formula is C20H18N4O3. The maximum Gasteiger partial charge on any atom is 0.339 e. The molecule has 0 spiro atoms. The van der Waals surface area contributed by atoms with E-state index in [2.05, 4.69) is 15.4 Å². The van der Waals surface area contributed by atoms with Gasteiger partial charge in [0.1, 0.15) is 11.4 Å². The van der Waals surface area contributed by atoms with Gasteiger partial charge in [0.15, 0.2) is 0 Å². The van der Waals surface area contributed by atoms with E-state index in [1.807, 2.05) is 29.1 Å². The highest BCUT2D eigenvalue weighted by molar-refractivity contribution is 6.05. The SMILES string of the molecule is O=C(/C=C/c1ccc2c(cnn2CC2CC2)c1)Nc1ncccc1C(=O)O. The maximum atomic E-state index is 12.1. The molecular weight excluding hydrogens is 344 g/mol. The number of hydrogen-bond acceptors (Lipinski definition) is 4. The fourth-order valence-corrected chi connectivity index (χ4v) is 2.91. The Bertz CT molecular complexity index is 1050. The molecule has 0 aliphatic heterocycles. The number of hydrogen-bond donors (Lipinski definition) is 2. The number of nitrogens with one attached hydrogen (secondary N) is 1. The lowest BCUT2D eigenvalue weighted by Crippen LogP contribution is -2.13. The van der Waals surface area contributed by atoms with Crippen LogP contribution in [0.1, 0.15) is 28.8 Å². The molecule has 1 aliphatic rings. The number of anilines is 1. The third-order valence-electron chi connectivity index (χ3n) is 4.50. The summed E-state index contributed by atoms with van der Waals surface area (Å²) in [6.07, 6.45) is 8.85. The van der Waals surface area contributed by atoms with Crippen LogP contribution in [0.3, 0.4) is 0 Å². The lowest BCUT2D eigenvalue weighted by Gasteiger charge is -2.04. The molecule has 3 aromatic rings. The van der Waals surface area contributed by atoms with Crippen molar-refractivity contribution in [1.29, 1.82) is 0 Å². The van der Waals surface area contributed by atoms with Crippen LogP contribution in [0.4, 0.5) is 5.82 Å². The first-order chi connectivity index (χ1) is 13.1. The van der Waals surface area contributed by atoms with Crippen LogP contribution in [0.25, 0.3) is 17.0 Å². The molecule has 0 bridgehead atoms. The first-order valence-electron chi connectivity index (χ1n) is 8.73. The highest BCUT2D eigenvalue weighted by Crippen LogP contribution is 2.31. The molecule has 0 unspecified atom stereocenters. The predicted octanol–water partition coefficient (Wildman–Crippen LogP) is 3.19. The molecule has 1 amide bonds. The second-order valence-corrected chi connectivity index (χ2v) is 6.62. The second kappa shape index (κ2) is 7.03. The van der Waals surface area contributed by atoms with Crippen molar-refractivity contribution < 1.29 is 14.7 Å². The van der Waals surface area contributed by atoms with E-state index in [9.17, 15) is 9.59 Å². The standard InChI is InChI=1S/C20H18N4O3/c25-18(23-19-16(20(26)27)2-1-9-21-19)8-6-13-5-7-17-15(10-13)11-22-24(17)12-14-3-4-14/h1-2,5-11,14H,3-4,12H2,(H,26,27)(H,21,23,25)/b8-6+. The predicted molar refractivity (Wildman–Crippen MR) is 101 cm³/mol. The number of benzene rings is 1. The Balaban J connectivity index is 1.47. The van der Waals surface area contributed by atoms with E-state index in [1.165, 1.54) is 37.2 Å². The van der Waals surface area contributed by atoms with Crippen molar-refractivity contribution in [2.24, 2.45) is 5.92 Å². The monoisotopic (exact) mass is 362 g/mol. The molecule has 7 heteroatoms. The molecule has 0 radical (unpaired) electrons. The molecule has 2 aromatic heterocycles. The number of aromatic carboxylic acids is 1. The number of amides is 1. The Kier molecular flexibility index (Phi) is 4.42. The zero-order chi connectivity index (χ0) is 18.8. The van der Waals surface area contributed by atoms with E-state index in [4.69, 9.17) is 5.11 Å². The Labute approximate surface area is 155 Å². The van der Waals surface area contributed by atoms with Crippen LogP contribution in [0.2, 0.25) is 0 Å². The van der Waals surface area contributed by atoms with Gasteiger partial charge in [0.05, 0.1) is 11.7 Å². The minimum Gasteiger partial charge on any atom is -0.478 e. The smallest absolute Gasteiger partial charge is 0.339 e. The van der Waals surface area contributed by atoms with E-state index in [-0.39, 0.29) is 11.4 Å². The number of carbonyl (C=O) groups is 2. The van der Waals surface area contributed by atoms with Gasteiger partial charge in [0.25, 0.3) is 0 Å². The quantitative estimate of drug-likeness (QED) is 0.657. The van der Waals surface area contributed by atoms with Gasteiger partial charge in [-0.05, 0) is 54.7 Å². The average Bonchev–Trinajstić information content (AvgIpc) is 3.39. The Morgan fingerprint density at radius 2 is 2.15 bits per heavy atom. The summed E-state index contributed by atoms with van der Waals surface area (Å²) in [6, 6.07) is 8.80. The molecule has 2 heterocycles. The maximum absolute atomic E-state index is 12.1. The molecule has 1 saturated carbocycles. The van der Waals surface area contributed by atoms with E-state index in [0.717, 1.165) is 28.9 Å². The topological polar surface area (TPSA) is 97.1 Å². The Morgan fingerprint density at radius 3 is 2.93 bits per heavy atom. The van der Waals surface area contributed by atoms with Crippen LogP contribution in [-0.2, 0) is 11.3 Å². The number of fused-ring (bicyclic) bond motifs is 1. The van der Waals surface area contributed by atoms with Crippen LogP contribution >= 0.6 is 0 Å². The van der Waals surface area contributed by atoms with E-state index < -0.39 is 11.9 Å². The van der Waals surface area contributed by atoms with Gasteiger partial charge in [-0.1, -0.05) is 6.07 Å². The molecule has 1 fully saturated rings. The summed E-state index contributed by atoms with van der Waals surface area (Å²) in [5.41, 5.74) is 1.90. The van der Waals surface area contributed by atoms with Gasteiger partial charge < -0.3 is 10.4 Å². The van der Waals surface area contributed by atoms with Crippen LogP contribution in [0, 0.1) is 5.92 Å². The second-order valence-electron chi connectivity index (χ2n) is 6.62. The van der Waals surface area contributed by atoms with E-state index in [1.54, 1.807) is 6.08 Å². The van der Waals surface area contributed by atoms with Gasteiger partial charge in [-0.3, -0.25) is 9.48 Å². The van der Waals surface area contributed by atoms with E-state index >= 15 is 0 Å². The summed E-state index contributed by atoms with van der Waals surface area (Å²) in [6.45, 7) is 0.955. The average molecular weight is 362 g/mol. The van der Waals surface area contributed by atoms with E-state index in [0.29, 0.717) is 0 Å². The zero-order valence-electron chi connectivity index (χ0n) is 14.5. The lowest BCUT2D eigenvalue weighted by molar-refractivity contribution is -0.111. The van der Waals surface area contributed by atoms with Crippen molar-refractivity contribution in [3.05, 3.63) is 59.9 Å². The van der Waals surface area contributed by atoms with Gasteiger partial charge in [0.2, 0.25) is 5.91 Å². The van der Waals surface area contributed by atoms with Crippen molar-refractivity contribution in [3.63, 3.8) is 0 Å². The largest absolute Gasteiger partial charge is 0.478 e. The molecule has 1 aliphatic carbocycles. The fourth-order valence-electron chi connectivity index (χ4n) is 2.91. The molecule has 136 valence electrons. The molecule has 0 saturated heterocycles. The number of carboxylic acid groups (broad SMARTS) is 1. The summed E-state index contributed by atoms with van der Waals surface area (Å²) in [4.78, 5) is 27.2. The van der Waals surface area contributed by atoms with Crippen molar-refractivity contribution in [3.8, 4) is 0 Å². The minimum atomic E-state index is -1.14. The van der Waals surface area contributed by atoms with Crippen molar-refractivity contribution in [1.82, 2.24) is 14.8 Å². The highest BCUT2D eigenvalue weighted by Gasteiger charge is 2.22. The van der Waals surface area contributed by atoms with Gasteiger partial charge >= 0.3 is 5.97 Å². The zero-order valence-corrected chi connectivity index (χ0v) is 14.5. The number of rotatable bonds is 6. The van der Waals surface area contributed by atoms with Gasteiger partial charge in [-0.2, -0.15) is 5.10 Å². The van der Waals surface area contributed by atoms with Crippen LogP contribution < -0.4 is 5.32 Å². The minimum absolute atomic E-state index is 0.0245. The van der Waals surface area contributed by atoms with Crippen LogP contribution in [0.15, 0.2) is 48.8 Å². The van der Waals surface area contributed by atoms with Crippen LogP contribution in [0.5, 0.6) is 0 Å². The highest BCUT2D eigenvalue weighted by atomic mass is 16.4. The molecule has 0 atom stereocenters. The number of nitrogens with zero attached hydrogens (tertiary/aromatic N) is 3. The Morgan fingerprint density at radius 1 is 1.30 bits per heavy atom.